The predicted molar refractivity (Wildman–Crippen MR) is 40.0 cm³/mol. The van der Waals surface area contributed by atoms with E-state index in [1.807, 2.05) is 0 Å². The third-order valence-corrected chi connectivity index (χ3v) is 2.85. The highest BCUT2D eigenvalue weighted by Crippen LogP contribution is 2.39. The standard InChI is InChI=1S/C8H15NO/c1-8(6-10-8)7-3-4-9(2)5-7/h7H,3-6H2,1-2H3. The average Bonchev–Trinajstić information content (AvgIpc) is 2.45. The molecule has 0 bridgehead atoms. The summed E-state index contributed by atoms with van der Waals surface area (Å²) in [6.45, 7) is 5.71. The first-order chi connectivity index (χ1) is 4.71. The zero-order chi connectivity index (χ0) is 7.19. The predicted octanol–water partition coefficient (Wildman–Crippen LogP) is 0.727. The fourth-order valence-electron chi connectivity index (χ4n) is 1.78. The van der Waals surface area contributed by atoms with Crippen molar-refractivity contribution < 1.29 is 4.74 Å². The summed E-state index contributed by atoms with van der Waals surface area (Å²) in [5.74, 6) is 0.803. The van der Waals surface area contributed by atoms with Crippen LogP contribution in [0.15, 0.2) is 0 Å². The van der Waals surface area contributed by atoms with Gasteiger partial charge in [0.2, 0.25) is 0 Å². The summed E-state index contributed by atoms with van der Waals surface area (Å²) in [6.07, 6.45) is 1.33. The van der Waals surface area contributed by atoms with Crippen LogP contribution in [0.1, 0.15) is 13.3 Å². The average molecular weight is 141 g/mol. The van der Waals surface area contributed by atoms with Gasteiger partial charge < -0.3 is 9.64 Å². The maximum atomic E-state index is 5.40. The number of hydrogen-bond acceptors (Lipinski definition) is 2. The van der Waals surface area contributed by atoms with Gasteiger partial charge in [0.15, 0.2) is 0 Å². The zero-order valence-corrected chi connectivity index (χ0v) is 6.76. The molecule has 58 valence electrons. The molecule has 2 nitrogen and oxygen atoms in total. The summed E-state index contributed by atoms with van der Waals surface area (Å²) in [5.41, 5.74) is 0.269. The smallest absolute Gasteiger partial charge is 0.0929 e. The summed E-state index contributed by atoms with van der Waals surface area (Å²) in [5, 5.41) is 0. The van der Waals surface area contributed by atoms with Crippen molar-refractivity contribution in [2.75, 3.05) is 26.7 Å². The molecule has 0 aromatic rings. The van der Waals surface area contributed by atoms with E-state index in [-0.39, 0.29) is 5.60 Å². The first kappa shape index (κ1) is 6.62. The van der Waals surface area contributed by atoms with Gasteiger partial charge in [-0.1, -0.05) is 0 Å². The molecule has 0 aromatic heterocycles. The van der Waals surface area contributed by atoms with E-state index >= 15 is 0 Å². The Bertz CT molecular complexity index is 142. The minimum atomic E-state index is 0.269. The molecule has 2 saturated heterocycles. The molecule has 10 heavy (non-hydrogen) atoms. The van der Waals surface area contributed by atoms with Crippen LogP contribution < -0.4 is 0 Å². The van der Waals surface area contributed by atoms with Crippen molar-refractivity contribution in [2.24, 2.45) is 5.92 Å². The molecular weight excluding hydrogens is 126 g/mol. The first-order valence-electron chi connectivity index (χ1n) is 4.03. The van der Waals surface area contributed by atoms with E-state index in [2.05, 4.69) is 18.9 Å². The molecule has 0 N–H and O–H groups in total. The fraction of sp³-hybridized carbons (Fsp3) is 1.00. The molecule has 0 spiro atoms. The van der Waals surface area contributed by atoms with E-state index in [1.165, 1.54) is 19.5 Å². The highest BCUT2D eigenvalue weighted by atomic mass is 16.6. The van der Waals surface area contributed by atoms with Crippen molar-refractivity contribution in [3.63, 3.8) is 0 Å². The van der Waals surface area contributed by atoms with E-state index in [0.29, 0.717) is 0 Å². The van der Waals surface area contributed by atoms with E-state index in [9.17, 15) is 0 Å². The quantitative estimate of drug-likeness (QED) is 0.500. The van der Waals surface area contributed by atoms with Crippen LogP contribution in [0.5, 0.6) is 0 Å². The van der Waals surface area contributed by atoms with Crippen LogP contribution in [-0.2, 0) is 4.74 Å². The Kier molecular flexibility index (Phi) is 1.29. The largest absolute Gasteiger partial charge is 0.370 e. The number of epoxide rings is 1. The molecule has 2 unspecified atom stereocenters. The molecular formula is C8H15NO. The Hall–Kier alpha value is -0.0800. The van der Waals surface area contributed by atoms with Crippen molar-refractivity contribution in [3.8, 4) is 0 Å². The van der Waals surface area contributed by atoms with Gasteiger partial charge in [-0.25, -0.2) is 0 Å². The highest BCUT2D eigenvalue weighted by molar-refractivity contribution is 4.97. The van der Waals surface area contributed by atoms with Crippen LogP contribution in [0.25, 0.3) is 0 Å². The molecule has 0 amide bonds. The first-order valence-corrected chi connectivity index (χ1v) is 4.03. The lowest BCUT2D eigenvalue weighted by atomic mass is 9.94. The second-order valence-electron chi connectivity index (χ2n) is 3.85. The van der Waals surface area contributed by atoms with Crippen molar-refractivity contribution in [1.29, 1.82) is 0 Å². The van der Waals surface area contributed by atoms with Crippen LogP contribution >= 0.6 is 0 Å². The molecule has 2 heteroatoms. The van der Waals surface area contributed by atoms with Gasteiger partial charge in [-0.3, -0.25) is 0 Å². The van der Waals surface area contributed by atoms with Gasteiger partial charge in [0.05, 0.1) is 12.2 Å². The van der Waals surface area contributed by atoms with Gasteiger partial charge in [0.1, 0.15) is 0 Å². The third kappa shape index (κ3) is 0.956. The van der Waals surface area contributed by atoms with Crippen molar-refractivity contribution >= 4 is 0 Å². The second-order valence-corrected chi connectivity index (χ2v) is 3.85. The summed E-state index contributed by atoms with van der Waals surface area (Å²) in [7, 11) is 2.19. The van der Waals surface area contributed by atoms with Crippen LogP contribution in [0.3, 0.4) is 0 Å². The van der Waals surface area contributed by atoms with Gasteiger partial charge in [0, 0.05) is 12.5 Å². The molecule has 2 aliphatic heterocycles. The number of ether oxygens (including phenoxy) is 1. The lowest BCUT2D eigenvalue weighted by Gasteiger charge is -2.13. The third-order valence-electron chi connectivity index (χ3n) is 2.85. The fourth-order valence-corrected chi connectivity index (χ4v) is 1.78. The molecule has 2 rings (SSSR count). The van der Waals surface area contributed by atoms with Crippen molar-refractivity contribution in [3.05, 3.63) is 0 Å². The van der Waals surface area contributed by atoms with Crippen LogP contribution in [0, 0.1) is 5.92 Å². The van der Waals surface area contributed by atoms with Gasteiger partial charge in [-0.15, -0.1) is 0 Å². The van der Waals surface area contributed by atoms with Gasteiger partial charge >= 0.3 is 0 Å². The number of hydrogen-bond donors (Lipinski definition) is 0. The van der Waals surface area contributed by atoms with Gasteiger partial charge in [-0.2, -0.15) is 0 Å². The minimum absolute atomic E-state index is 0.269. The van der Waals surface area contributed by atoms with E-state index in [1.54, 1.807) is 0 Å². The maximum Gasteiger partial charge on any atom is 0.0929 e. The lowest BCUT2D eigenvalue weighted by Crippen LogP contribution is -2.23. The lowest BCUT2D eigenvalue weighted by molar-refractivity contribution is 0.235. The zero-order valence-electron chi connectivity index (χ0n) is 6.76. The van der Waals surface area contributed by atoms with Gasteiger partial charge in [-0.05, 0) is 26.9 Å². The summed E-state index contributed by atoms with van der Waals surface area (Å²) >= 11 is 0. The molecule has 2 aliphatic rings. The number of nitrogens with zero attached hydrogens (tertiary/aromatic N) is 1. The van der Waals surface area contributed by atoms with Crippen molar-refractivity contribution in [2.45, 2.75) is 18.9 Å². The Morgan fingerprint density at radius 1 is 1.60 bits per heavy atom. The Balaban J connectivity index is 1.95. The van der Waals surface area contributed by atoms with E-state index in [4.69, 9.17) is 4.74 Å². The maximum absolute atomic E-state index is 5.40. The van der Waals surface area contributed by atoms with Gasteiger partial charge in [0.25, 0.3) is 0 Å². The number of likely N-dealkylation sites (tertiary alicyclic amines) is 1. The molecule has 0 aromatic carbocycles. The summed E-state index contributed by atoms with van der Waals surface area (Å²) < 4.78 is 5.40. The topological polar surface area (TPSA) is 15.8 Å². The molecule has 2 heterocycles. The van der Waals surface area contributed by atoms with E-state index in [0.717, 1.165) is 12.5 Å². The normalized spacial score (nSPS) is 48.0. The number of rotatable bonds is 1. The minimum Gasteiger partial charge on any atom is -0.370 e. The Morgan fingerprint density at radius 2 is 2.30 bits per heavy atom. The van der Waals surface area contributed by atoms with E-state index < -0.39 is 0 Å². The molecule has 0 radical (unpaired) electrons. The summed E-state index contributed by atoms with van der Waals surface area (Å²) in [6, 6.07) is 0. The van der Waals surface area contributed by atoms with Crippen LogP contribution in [0.2, 0.25) is 0 Å². The molecule has 0 aliphatic carbocycles. The molecule has 2 atom stereocenters. The molecule has 0 saturated carbocycles. The van der Waals surface area contributed by atoms with Crippen LogP contribution in [0.4, 0.5) is 0 Å². The Labute approximate surface area is 62.2 Å². The van der Waals surface area contributed by atoms with Crippen molar-refractivity contribution in [1.82, 2.24) is 4.90 Å². The molecule has 2 fully saturated rings. The van der Waals surface area contributed by atoms with Crippen LogP contribution in [-0.4, -0.2) is 37.2 Å². The highest BCUT2D eigenvalue weighted by Gasteiger charge is 2.48. The summed E-state index contributed by atoms with van der Waals surface area (Å²) in [4.78, 5) is 2.39. The second kappa shape index (κ2) is 1.95. The monoisotopic (exact) mass is 141 g/mol. The Morgan fingerprint density at radius 3 is 2.70 bits per heavy atom. The SMILES string of the molecule is CN1CCC(C2(C)CO2)C1.